The molecule has 0 aliphatic rings. The molecule has 1 unspecified atom stereocenters. The van der Waals surface area contributed by atoms with E-state index in [4.69, 9.17) is 0 Å². The van der Waals surface area contributed by atoms with Gasteiger partial charge in [0.05, 0.1) is 0 Å². The van der Waals surface area contributed by atoms with Gasteiger partial charge in [-0.1, -0.05) is 117 Å². The third kappa shape index (κ3) is 23.0. The molecule has 4 N–H and O–H groups in total. The van der Waals surface area contributed by atoms with Gasteiger partial charge in [-0.15, -0.1) is 15.6 Å². The SMILES string of the molecule is CCCCCCCCCCCCCCCCCCNC(CC(C)(C)[SiH3])[N+](O)(O)O.[Cl-]. The van der Waals surface area contributed by atoms with Crippen molar-refractivity contribution in [3.05, 3.63) is 0 Å². The van der Waals surface area contributed by atoms with Crippen LogP contribution in [0.15, 0.2) is 0 Å². The number of quaternary nitrogens is 1. The number of halogens is 1. The lowest BCUT2D eigenvalue weighted by molar-refractivity contribution is -1.38. The Labute approximate surface area is 196 Å². The number of hydrogen-bond acceptors (Lipinski definition) is 4. The summed E-state index contributed by atoms with van der Waals surface area (Å²) in [6.45, 7) is 7.15. The molecule has 0 aliphatic heterocycles. The van der Waals surface area contributed by atoms with Crippen LogP contribution in [0.2, 0.25) is 5.04 Å². The number of nitrogens with zero attached hydrogens (tertiary/aromatic N) is 1. The zero-order valence-corrected chi connectivity index (χ0v) is 23.2. The molecule has 0 bridgehead atoms. The molecule has 0 amide bonds. The number of rotatable bonds is 21. The fraction of sp³-hybridized carbons (Fsp3) is 1.00. The normalized spacial score (nSPS) is 13.4. The molecule has 1 atom stereocenters. The quantitative estimate of drug-likeness (QED) is 0.0686. The van der Waals surface area contributed by atoms with Gasteiger partial charge in [-0.05, 0) is 11.5 Å². The second-order valence-corrected chi connectivity index (χ2v) is 12.9. The Morgan fingerprint density at radius 1 is 0.700 bits per heavy atom. The number of hydrogen-bond donors (Lipinski definition) is 4. The zero-order chi connectivity index (χ0) is 22.0. The molecule has 30 heavy (non-hydrogen) atoms. The van der Waals surface area contributed by atoms with Crippen molar-refractivity contribution < 1.29 is 33.0 Å². The van der Waals surface area contributed by atoms with Gasteiger partial charge in [0.15, 0.2) is 0 Å². The maximum atomic E-state index is 9.48. The van der Waals surface area contributed by atoms with Crippen LogP contribution in [0.4, 0.5) is 0 Å². The molecule has 0 aliphatic carbocycles. The van der Waals surface area contributed by atoms with Gasteiger partial charge in [-0.3, -0.25) is 5.32 Å². The summed E-state index contributed by atoms with van der Waals surface area (Å²) in [5.41, 5.74) is 0. The van der Waals surface area contributed by atoms with Crippen LogP contribution in [-0.4, -0.2) is 43.5 Å². The van der Waals surface area contributed by atoms with E-state index in [0.717, 1.165) is 23.1 Å². The standard InChI is InChI=1S/C23H53N2O3Si.ClH/c1-4-5-6-7-8-9-10-11-12-13-14-15-16-17-18-19-20-24-22(25(26,27)28)21-23(2,3)29;/h22,24,26-28H,4-21H2,1-3,29H3;1H/q+1;/p-1. The Morgan fingerprint density at radius 2 is 1.03 bits per heavy atom. The van der Waals surface area contributed by atoms with Crippen LogP contribution in [0, 0.1) is 0 Å². The topological polar surface area (TPSA) is 72.7 Å². The molecule has 0 saturated carbocycles. The number of hydroxylamine groups is 3. The average molecular weight is 469 g/mol. The van der Waals surface area contributed by atoms with Crippen LogP contribution >= 0.6 is 0 Å². The molecule has 0 spiro atoms. The van der Waals surface area contributed by atoms with Crippen LogP contribution in [0.5, 0.6) is 0 Å². The third-order valence-corrected chi connectivity index (χ3v) is 6.04. The Morgan fingerprint density at radius 3 is 1.33 bits per heavy atom. The predicted molar refractivity (Wildman–Crippen MR) is 126 cm³/mol. The van der Waals surface area contributed by atoms with Gasteiger partial charge in [-0.25, -0.2) is 0 Å². The molecule has 0 saturated heterocycles. The van der Waals surface area contributed by atoms with E-state index in [1.807, 2.05) is 0 Å². The van der Waals surface area contributed by atoms with E-state index in [9.17, 15) is 15.6 Å². The Bertz CT molecular complexity index is 363. The molecule has 184 valence electrons. The monoisotopic (exact) mass is 468 g/mol. The van der Waals surface area contributed by atoms with Crippen molar-refractivity contribution in [2.75, 3.05) is 6.54 Å². The van der Waals surface area contributed by atoms with Crippen LogP contribution in [-0.2, 0) is 0 Å². The van der Waals surface area contributed by atoms with E-state index in [0.29, 0.717) is 13.0 Å². The maximum absolute atomic E-state index is 9.48. The first-order valence-electron chi connectivity index (χ1n) is 12.5. The molecular formula is C23H53ClN2O3Si. The lowest BCUT2D eigenvalue weighted by atomic mass is 10.0. The van der Waals surface area contributed by atoms with Gasteiger partial charge >= 0.3 is 0 Å². The minimum atomic E-state index is -1.97. The summed E-state index contributed by atoms with van der Waals surface area (Å²) in [6, 6.07) is 0. The van der Waals surface area contributed by atoms with Gasteiger partial charge in [0.2, 0.25) is 6.17 Å². The van der Waals surface area contributed by atoms with Gasteiger partial charge < -0.3 is 12.4 Å². The second kappa shape index (κ2) is 20.0. The number of nitrogens with one attached hydrogen (secondary N) is 1. The third-order valence-electron chi connectivity index (χ3n) is 5.63. The van der Waals surface area contributed by atoms with Crippen molar-refractivity contribution in [2.24, 2.45) is 0 Å². The first-order chi connectivity index (χ1) is 13.7. The summed E-state index contributed by atoms with van der Waals surface area (Å²) in [5.74, 6) is 0. The molecule has 0 aromatic heterocycles. The predicted octanol–water partition coefficient (Wildman–Crippen LogP) is 3.11. The average Bonchev–Trinajstić information content (AvgIpc) is 2.61. The fourth-order valence-corrected chi connectivity index (χ4v) is 4.23. The lowest BCUT2D eigenvalue weighted by Crippen LogP contribution is -3.00. The van der Waals surface area contributed by atoms with Crippen LogP contribution in [0.25, 0.3) is 0 Å². The highest BCUT2D eigenvalue weighted by molar-refractivity contribution is 6.14. The smallest absolute Gasteiger partial charge is 0.240 e. The molecule has 0 rings (SSSR count). The highest BCUT2D eigenvalue weighted by atomic mass is 35.5. The molecule has 0 heterocycles. The van der Waals surface area contributed by atoms with Crippen molar-refractivity contribution >= 4 is 10.2 Å². The minimum Gasteiger partial charge on any atom is -1.00 e. The van der Waals surface area contributed by atoms with Gasteiger partial charge in [0.1, 0.15) is 4.97 Å². The zero-order valence-electron chi connectivity index (χ0n) is 20.5. The van der Waals surface area contributed by atoms with Crippen molar-refractivity contribution in [3.63, 3.8) is 0 Å². The first-order valence-corrected chi connectivity index (χ1v) is 13.5. The van der Waals surface area contributed by atoms with Crippen LogP contribution < -0.4 is 17.7 Å². The second-order valence-electron chi connectivity index (χ2n) is 10.2. The minimum absolute atomic E-state index is 0. The van der Waals surface area contributed by atoms with E-state index < -0.39 is 11.1 Å². The summed E-state index contributed by atoms with van der Waals surface area (Å²) in [7, 11) is 0.938. The molecule has 0 aromatic rings. The molecular weight excluding hydrogens is 416 g/mol. The van der Waals surface area contributed by atoms with E-state index >= 15 is 0 Å². The highest BCUT2D eigenvalue weighted by Crippen LogP contribution is 2.27. The van der Waals surface area contributed by atoms with Gasteiger partial charge in [0.25, 0.3) is 0 Å². The summed E-state index contributed by atoms with van der Waals surface area (Å²) in [5, 5.41) is 31.6. The summed E-state index contributed by atoms with van der Waals surface area (Å²) < 4.78 is 0. The van der Waals surface area contributed by atoms with Crippen molar-refractivity contribution in [2.45, 2.75) is 141 Å². The Balaban J connectivity index is 0. The summed E-state index contributed by atoms with van der Waals surface area (Å²) >= 11 is 0. The molecule has 5 nitrogen and oxygen atoms in total. The van der Waals surface area contributed by atoms with Crippen molar-refractivity contribution in [3.8, 4) is 0 Å². The molecule has 0 radical (unpaired) electrons. The van der Waals surface area contributed by atoms with Crippen LogP contribution in [0.3, 0.4) is 0 Å². The number of unbranched alkanes of at least 4 members (excludes halogenated alkanes) is 15. The maximum Gasteiger partial charge on any atom is 0.240 e. The van der Waals surface area contributed by atoms with Gasteiger partial charge in [-0.2, -0.15) is 0 Å². The molecule has 7 heteroatoms. The lowest BCUT2D eigenvalue weighted by Gasteiger charge is -2.29. The van der Waals surface area contributed by atoms with Crippen LogP contribution in [0.1, 0.15) is 130 Å². The first kappa shape index (κ1) is 32.5. The summed E-state index contributed by atoms with van der Waals surface area (Å²) in [6.07, 6.45) is 21.3. The Kier molecular flexibility index (Phi) is 21.6. The van der Waals surface area contributed by atoms with E-state index in [-0.39, 0.29) is 17.4 Å². The van der Waals surface area contributed by atoms with E-state index in [2.05, 4.69) is 26.1 Å². The Hall–Kier alpha value is 0.307. The fourth-order valence-electron chi connectivity index (χ4n) is 3.84. The van der Waals surface area contributed by atoms with Crippen molar-refractivity contribution in [1.29, 1.82) is 0 Å². The van der Waals surface area contributed by atoms with E-state index in [1.165, 1.54) is 89.9 Å². The molecule has 0 aromatic carbocycles. The van der Waals surface area contributed by atoms with Gasteiger partial charge in [0, 0.05) is 23.2 Å². The summed E-state index contributed by atoms with van der Waals surface area (Å²) in [4.78, 5) is -1.97. The van der Waals surface area contributed by atoms with E-state index in [1.54, 1.807) is 0 Å². The highest BCUT2D eigenvalue weighted by Gasteiger charge is 2.36. The molecule has 0 fully saturated rings. The largest absolute Gasteiger partial charge is 1.00 e. The van der Waals surface area contributed by atoms with Crippen molar-refractivity contribution in [1.82, 2.24) is 5.32 Å².